The molecule has 1 saturated carbocycles. The van der Waals surface area contributed by atoms with Gasteiger partial charge in [-0.25, -0.2) is 4.39 Å². The number of benzene rings is 2. The topological polar surface area (TPSA) is 15.3 Å². The molecule has 0 spiro atoms. The summed E-state index contributed by atoms with van der Waals surface area (Å²) in [5.41, 5.74) is 2.39. The summed E-state index contributed by atoms with van der Waals surface area (Å²) < 4.78 is 13.0. The summed E-state index contributed by atoms with van der Waals surface area (Å²) in [5, 5.41) is 4.17. The minimum absolute atomic E-state index is 0.199. The van der Waals surface area contributed by atoms with E-state index in [-0.39, 0.29) is 5.82 Å². The molecule has 0 bridgehead atoms. The highest BCUT2D eigenvalue weighted by molar-refractivity contribution is 7.80. The fourth-order valence-electron chi connectivity index (χ4n) is 2.60. The molecule has 0 radical (unpaired) electrons. The third kappa shape index (κ3) is 4.76. The maximum atomic E-state index is 13.0. The molecule has 120 valence electrons. The van der Waals surface area contributed by atoms with Crippen LogP contribution in [0.1, 0.15) is 24.0 Å². The fraction of sp³-hybridized carbons (Fsp3) is 0.316. The average molecular weight is 328 g/mol. The summed E-state index contributed by atoms with van der Waals surface area (Å²) >= 11 is 5.57. The van der Waals surface area contributed by atoms with Crippen LogP contribution in [0.2, 0.25) is 0 Å². The Hall–Kier alpha value is -1.94. The van der Waals surface area contributed by atoms with E-state index in [0.29, 0.717) is 6.04 Å². The highest BCUT2D eigenvalue weighted by Gasteiger charge is 2.30. The molecule has 0 aromatic heterocycles. The molecule has 0 aliphatic heterocycles. The van der Waals surface area contributed by atoms with Gasteiger partial charge in [0.15, 0.2) is 5.11 Å². The second-order valence-electron chi connectivity index (χ2n) is 5.95. The van der Waals surface area contributed by atoms with Crippen molar-refractivity contribution in [2.45, 2.75) is 31.8 Å². The third-order valence-corrected chi connectivity index (χ3v) is 4.43. The Morgan fingerprint density at radius 2 is 1.74 bits per heavy atom. The molecule has 1 aliphatic carbocycles. The molecule has 4 heteroatoms. The molecule has 2 nitrogen and oxygen atoms in total. The smallest absolute Gasteiger partial charge is 0.169 e. The summed E-state index contributed by atoms with van der Waals surface area (Å²) in [5.74, 6) is -0.199. The lowest BCUT2D eigenvalue weighted by Crippen LogP contribution is -2.41. The van der Waals surface area contributed by atoms with Crippen LogP contribution in [0.3, 0.4) is 0 Å². The first-order valence-electron chi connectivity index (χ1n) is 8.05. The molecule has 23 heavy (non-hydrogen) atoms. The van der Waals surface area contributed by atoms with Crippen molar-refractivity contribution in [3.05, 3.63) is 71.5 Å². The van der Waals surface area contributed by atoms with E-state index in [2.05, 4.69) is 34.5 Å². The van der Waals surface area contributed by atoms with Crippen LogP contribution < -0.4 is 5.32 Å². The lowest BCUT2D eigenvalue weighted by Gasteiger charge is -2.26. The molecule has 0 heterocycles. The van der Waals surface area contributed by atoms with Crippen LogP contribution in [0.5, 0.6) is 0 Å². The van der Waals surface area contributed by atoms with Crippen LogP contribution in [0.25, 0.3) is 0 Å². The highest BCUT2D eigenvalue weighted by Crippen LogP contribution is 2.28. The van der Waals surface area contributed by atoms with Crippen LogP contribution in [-0.2, 0) is 13.0 Å². The summed E-state index contributed by atoms with van der Waals surface area (Å²) in [6.07, 6.45) is 3.32. The van der Waals surface area contributed by atoms with Gasteiger partial charge in [-0.1, -0.05) is 42.5 Å². The Balaban J connectivity index is 1.53. The Kier molecular flexibility index (Phi) is 5.23. The Morgan fingerprint density at radius 3 is 2.39 bits per heavy atom. The van der Waals surface area contributed by atoms with Gasteiger partial charge in [-0.15, -0.1) is 0 Å². The molecule has 2 aromatic rings. The quantitative estimate of drug-likeness (QED) is 0.810. The minimum atomic E-state index is -0.199. The highest BCUT2D eigenvalue weighted by atomic mass is 32.1. The predicted octanol–water partition coefficient (Wildman–Crippen LogP) is 3.91. The minimum Gasteiger partial charge on any atom is -0.362 e. The zero-order valence-electron chi connectivity index (χ0n) is 13.0. The molecule has 0 atom stereocenters. The lowest BCUT2D eigenvalue weighted by atomic mass is 10.1. The summed E-state index contributed by atoms with van der Waals surface area (Å²) in [4.78, 5) is 2.23. The largest absolute Gasteiger partial charge is 0.362 e. The van der Waals surface area contributed by atoms with Crippen molar-refractivity contribution in [2.24, 2.45) is 0 Å². The molecule has 0 saturated heterocycles. The van der Waals surface area contributed by atoms with Crippen molar-refractivity contribution >= 4 is 17.3 Å². The van der Waals surface area contributed by atoms with Crippen LogP contribution >= 0.6 is 12.2 Å². The van der Waals surface area contributed by atoms with Crippen molar-refractivity contribution in [3.63, 3.8) is 0 Å². The monoisotopic (exact) mass is 328 g/mol. The van der Waals surface area contributed by atoms with Crippen LogP contribution in [0, 0.1) is 5.82 Å². The standard InChI is InChI=1S/C19H21FN2S/c20-17-8-6-16(7-9-17)14-22(18-10-11-18)19(23)21-13-12-15-4-2-1-3-5-15/h1-9,18H,10-14H2,(H,21,23). The molecule has 0 unspecified atom stereocenters. The van der Waals surface area contributed by atoms with Crippen molar-refractivity contribution in [1.29, 1.82) is 0 Å². The molecule has 2 aromatic carbocycles. The number of thiocarbonyl (C=S) groups is 1. The Bertz CT molecular complexity index is 638. The number of nitrogens with zero attached hydrogens (tertiary/aromatic N) is 1. The third-order valence-electron chi connectivity index (χ3n) is 4.05. The first kappa shape index (κ1) is 15.9. The predicted molar refractivity (Wildman–Crippen MR) is 95.7 cm³/mol. The Labute approximate surface area is 142 Å². The van der Waals surface area contributed by atoms with Gasteiger partial charge in [-0.2, -0.15) is 0 Å². The van der Waals surface area contributed by atoms with E-state index >= 15 is 0 Å². The summed E-state index contributed by atoms with van der Waals surface area (Å²) in [6.45, 7) is 1.57. The Morgan fingerprint density at radius 1 is 1.04 bits per heavy atom. The van der Waals surface area contributed by atoms with Gasteiger partial charge in [0.1, 0.15) is 5.82 Å². The molecular weight excluding hydrogens is 307 g/mol. The van der Waals surface area contributed by atoms with E-state index in [1.54, 1.807) is 0 Å². The van der Waals surface area contributed by atoms with E-state index in [1.165, 1.54) is 30.5 Å². The van der Waals surface area contributed by atoms with Gasteiger partial charge in [0, 0.05) is 19.1 Å². The summed E-state index contributed by atoms with van der Waals surface area (Å²) in [7, 11) is 0. The van der Waals surface area contributed by atoms with Crippen LogP contribution in [-0.4, -0.2) is 22.6 Å². The van der Waals surface area contributed by atoms with Gasteiger partial charge < -0.3 is 10.2 Å². The van der Waals surface area contributed by atoms with Crippen molar-refractivity contribution in [1.82, 2.24) is 10.2 Å². The van der Waals surface area contributed by atoms with Crippen LogP contribution in [0.4, 0.5) is 4.39 Å². The van der Waals surface area contributed by atoms with Gasteiger partial charge in [0.2, 0.25) is 0 Å². The van der Waals surface area contributed by atoms with E-state index < -0.39 is 0 Å². The molecule has 1 N–H and O–H groups in total. The summed E-state index contributed by atoms with van der Waals surface area (Å²) in [6, 6.07) is 17.6. The van der Waals surface area contributed by atoms with Gasteiger partial charge in [0.05, 0.1) is 0 Å². The van der Waals surface area contributed by atoms with E-state index in [0.717, 1.165) is 30.2 Å². The number of hydrogen-bond donors (Lipinski definition) is 1. The van der Waals surface area contributed by atoms with E-state index in [4.69, 9.17) is 12.2 Å². The second-order valence-corrected chi connectivity index (χ2v) is 6.34. The van der Waals surface area contributed by atoms with Gasteiger partial charge in [-0.3, -0.25) is 0 Å². The first-order chi connectivity index (χ1) is 11.2. The molecule has 1 fully saturated rings. The van der Waals surface area contributed by atoms with Crippen molar-refractivity contribution in [3.8, 4) is 0 Å². The van der Waals surface area contributed by atoms with Crippen molar-refractivity contribution < 1.29 is 4.39 Å². The zero-order chi connectivity index (χ0) is 16.1. The van der Waals surface area contributed by atoms with Gasteiger partial charge >= 0.3 is 0 Å². The second kappa shape index (κ2) is 7.55. The molecule has 0 amide bonds. The molecule has 3 rings (SSSR count). The lowest BCUT2D eigenvalue weighted by molar-refractivity contribution is 0.396. The first-order valence-corrected chi connectivity index (χ1v) is 8.46. The van der Waals surface area contributed by atoms with Crippen molar-refractivity contribution in [2.75, 3.05) is 6.54 Å². The van der Waals surface area contributed by atoms with Crippen LogP contribution in [0.15, 0.2) is 54.6 Å². The normalized spacial score (nSPS) is 13.6. The molecule has 1 aliphatic rings. The maximum Gasteiger partial charge on any atom is 0.169 e. The average Bonchev–Trinajstić information content (AvgIpc) is 3.40. The number of halogens is 1. The zero-order valence-corrected chi connectivity index (χ0v) is 13.9. The van der Waals surface area contributed by atoms with Gasteiger partial charge in [-0.05, 0) is 54.7 Å². The van der Waals surface area contributed by atoms with Gasteiger partial charge in [0.25, 0.3) is 0 Å². The van der Waals surface area contributed by atoms with E-state index in [9.17, 15) is 4.39 Å². The maximum absolute atomic E-state index is 13.0. The fourth-order valence-corrected chi connectivity index (χ4v) is 2.92. The number of rotatable bonds is 6. The number of hydrogen-bond acceptors (Lipinski definition) is 1. The molecular formula is C19H21FN2S. The number of nitrogens with one attached hydrogen (secondary N) is 1. The SMILES string of the molecule is Fc1ccc(CN(C(=S)NCCc2ccccc2)C2CC2)cc1. The van der Waals surface area contributed by atoms with E-state index in [1.807, 2.05) is 18.2 Å².